The van der Waals surface area contributed by atoms with Crippen LogP contribution in [-0.2, 0) is 6.42 Å². The van der Waals surface area contributed by atoms with Gasteiger partial charge in [0.15, 0.2) is 11.5 Å². The number of likely N-dealkylation sites (N-methyl/N-ethyl adjacent to an activating group) is 1. The lowest BCUT2D eigenvalue weighted by molar-refractivity contribution is 0.170. The fourth-order valence-electron chi connectivity index (χ4n) is 3.56. The lowest BCUT2D eigenvalue weighted by Crippen LogP contribution is -2.37. The smallest absolute Gasteiger partial charge is 0.231 e. The third-order valence-corrected chi connectivity index (χ3v) is 5.08. The van der Waals surface area contributed by atoms with Gasteiger partial charge >= 0.3 is 0 Å². The number of hydrogen-bond donors (Lipinski definition) is 1. The molecule has 1 atom stereocenters. The molecule has 138 valence electrons. The molecule has 6 nitrogen and oxygen atoms in total. The standard InChI is InChI=1S/C19H21ClN2O4/c1-22-7-6-11-8-15-17(26-10-25-15)18(24-3)16(11)19(22)21-13-9-12(20)4-5-14(13)23-2/h4-5,8-9,19,21H,6-7,10H2,1-3H3/t19-/m1/s1. The van der Waals surface area contributed by atoms with Crippen molar-refractivity contribution in [2.75, 3.05) is 39.9 Å². The van der Waals surface area contributed by atoms with E-state index in [0.29, 0.717) is 16.5 Å². The molecule has 0 saturated heterocycles. The van der Waals surface area contributed by atoms with Crippen LogP contribution < -0.4 is 24.3 Å². The van der Waals surface area contributed by atoms with E-state index in [1.807, 2.05) is 18.2 Å². The van der Waals surface area contributed by atoms with Gasteiger partial charge < -0.3 is 24.3 Å². The van der Waals surface area contributed by atoms with E-state index in [9.17, 15) is 0 Å². The van der Waals surface area contributed by atoms with Gasteiger partial charge in [0, 0.05) is 17.1 Å². The summed E-state index contributed by atoms with van der Waals surface area (Å²) in [7, 11) is 5.37. The molecule has 0 fully saturated rings. The van der Waals surface area contributed by atoms with Gasteiger partial charge in [0.2, 0.25) is 12.5 Å². The Morgan fingerprint density at radius 3 is 2.81 bits per heavy atom. The zero-order valence-corrected chi connectivity index (χ0v) is 15.7. The fourth-order valence-corrected chi connectivity index (χ4v) is 3.73. The van der Waals surface area contributed by atoms with E-state index in [0.717, 1.165) is 35.7 Å². The molecule has 0 radical (unpaired) electrons. The molecular weight excluding hydrogens is 356 g/mol. The monoisotopic (exact) mass is 376 g/mol. The first kappa shape index (κ1) is 17.1. The van der Waals surface area contributed by atoms with Crippen molar-refractivity contribution in [1.29, 1.82) is 0 Å². The van der Waals surface area contributed by atoms with Crippen LogP contribution in [0.1, 0.15) is 17.3 Å². The Morgan fingerprint density at radius 1 is 1.19 bits per heavy atom. The van der Waals surface area contributed by atoms with Crippen LogP contribution in [0.5, 0.6) is 23.0 Å². The molecule has 7 heteroatoms. The van der Waals surface area contributed by atoms with Crippen molar-refractivity contribution in [3.63, 3.8) is 0 Å². The van der Waals surface area contributed by atoms with Gasteiger partial charge in [0.05, 0.1) is 19.9 Å². The minimum atomic E-state index is -0.115. The third kappa shape index (κ3) is 2.79. The Hall–Kier alpha value is -2.31. The SMILES string of the molecule is COc1ccc(Cl)cc1N[C@H]1c2c(cc3c(c2OC)OCO3)CCN1C. The third-order valence-electron chi connectivity index (χ3n) is 4.85. The number of fused-ring (bicyclic) bond motifs is 2. The molecular formula is C19H21ClN2O4. The highest BCUT2D eigenvalue weighted by Gasteiger charge is 2.34. The lowest BCUT2D eigenvalue weighted by Gasteiger charge is -2.37. The highest BCUT2D eigenvalue weighted by molar-refractivity contribution is 6.30. The number of halogens is 1. The van der Waals surface area contributed by atoms with Crippen LogP contribution in [0, 0.1) is 0 Å². The van der Waals surface area contributed by atoms with E-state index in [2.05, 4.69) is 23.3 Å². The van der Waals surface area contributed by atoms with Gasteiger partial charge in [-0.2, -0.15) is 0 Å². The van der Waals surface area contributed by atoms with Crippen molar-refractivity contribution < 1.29 is 18.9 Å². The van der Waals surface area contributed by atoms with Crippen molar-refractivity contribution in [1.82, 2.24) is 4.90 Å². The van der Waals surface area contributed by atoms with E-state index in [-0.39, 0.29) is 13.0 Å². The maximum Gasteiger partial charge on any atom is 0.231 e. The maximum atomic E-state index is 6.19. The van der Waals surface area contributed by atoms with Gasteiger partial charge in [0.25, 0.3) is 0 Å². The van der Waals surface area contributed by atoms with Crippen molar-refractivity contribution >= 4 is 17.3 Å². The van der Waals surface area contributed by atoms with E-state index in [4.69, 9.17) is 30.5 Å². The summed E-state index contributed by atoms with van der Waals surface area (Å²) in [5, 5.41) is 4.20. The predicted octanol–water partition coefficient (Wildman–Crippen LogP) is 3.68. The van der Waals surface area contributed by atoms with Crippen molar-refractivity contribution in [3.8, 4) is 23.0 Å². The normalized spacial score (nSPS) is 18.4. The zero-order valence-electron chi connectivity index (χ0n) is 15.0. The molecule has 0 aromatic heterocycles. The Balaban J connectivity index is 1.81. The van der Waals surface area contributed by atoms with Crippen LogP contribution in [0.2, 0.25) is 5.02 Å². The second-order valence-electron chi connectivity index (χ2n) is 6.34. The largest absolute Gasteiger partial charge is 0.495 e. The van der Waals surface area contributed by atoms with E-state index in [1.165, 1.54) is 5.56 Å². The summed E-state index contributed by atoms with van der Waals surface area (Å²) in [5.74, 6) is 2.84. The molecule has 2 aliphatic heterocycles. The molecule has 0 spiro atoms. The molecule has 26 heavy (non-hydrogen) atoms. The number of nitrogens with one attached hydrogen (secondary N) is 1. The topological polar surface area (TPSA) is 52.2 Å². The van der Waals surface area contributed by atoms with Gasteiger partial charge in [-0.15, -0.1) is 0 Å². The molecule has 2 aromatic rings. The van der Waals surface area contributed by atoms with Crippen molar-refractivity contribution in [3.05, 3.63) is 40.4 Å². The number of anilines is 1. The molecule has 2 aliphatic rings. The molecule has 1 N–H and O–H groups in total. The number of ether oxygens (including phenoxy) is 4. The van der Waals surface area contributed by atoms with Gasteiger partial charge in [-0.05, 0) is 43.3 Å². The summed E-state index contributed by atoms with van der Waals surface area (Å²) in [6.45, 7) is 1.11. The van der Waals surface area contributed by atoms with Crippen molar-refractivity contribution in [2.24, 2.45) is 0 Å². The summed E-state index contributed by atoms with van der Waals surface area (Å²) >= 11 is 6.19. The second-order valence-corrected chi connectivity index (χ2v) is 6.77. The molecule has 2 heterocycles. The van der Waals surface area contributed by atoms with E-state index in [1.54, 1.807) is 14.2 Å². The minimum absolute atomic E-state index is 0.115. The average Bonchev–Trinajstić information content (AvgIpc) is 3.10. The van der Waals surface area contributed by atoms with Crippen LogP contribution in [0.3, 0.4) is 0 Å². The molecule has 2 aromatic carbocycles. The highest BCUT2D eigenvalue weighted by Crippen LogP contribution is 2.49. The van der Waals surface area contributed by atoms with Gasteiger partial charge in [0.1, 0.15) is 11.9 Å². The summed E-state index contributed by atoms with van der Waals surface area (Å²) in [5.41, 5.74) is 3.06. The quantitative estimate of drug-likeness (QED) is 0.878. The Bertz CT molecular complexity index is 843. The molecule has 0 aliphatic carbocycles. The lowest BCUT2D eigenvalue weighted by atomic mass is 9.94. The molecule has 0 saturated carbocycles. The Labute approximate surface area is 157 Å². The number of methoxy groups -OCH3 is 2. The summed E-state index contributed by atoms with van der Waals surface area (Å²) < 4.78 is 22.4. The molecule has 0 unspecified atom stereocenters. The highest BCUT2D eigenvalue weighted by atomic mass is 35.5. The maximum absolute atomic E-state index is 6.19. The van der Waals surface area contributed by atoms with Gasteiger partial charge in [-0.1, -0.05) is 11.6 Å². The van der Waals surface area contributed by atoms with E-state index < -0.39 is 0 Å². The number of benzene rings is 2. The molecule has 0 amide bonds. The van der Waals surface area contributed by atoms with Crippen LogP contribution in [0.15, 0.2) is 24.3 Å². The first-order valence-corrected chi connectivity index (χ1v) is 8.80. The fraction of sp³-hybridized carbons (Fsp3) is 0.368. The van der Waals surface area contributed by atoms with E-state index >= 15 is 0 Å². The van der Waals surface area contributed by atoms with Crippen molar-refractivity contribution in [2.45, 2.75) is 12.6 Å². The number of rotatable bonds is 4. The summed E-state index contributed by atoms with van der Waals surface area (Å²) in [4.78, 5) is 2.23. The number of nitrogens with zero attached hydrogens (tertiary/aromatic N) is 1. The molecule has 0 bridgehead atoms. The average molecular weight is 377 g/mol. The van der Waals surface area contributed by atoms with Gasteiger partial charge in [-0.3, -0.25) is 4.90 Å². The van der Waals surface area contributed by atoms with Crippen LogP contribution in [0.4, 0.5) is 5.69 Å². The van der Waals surface area contributed by atoms with Crippen LogP contribution in [0.25, 0.3) is 0 Å². The van der Waals surface area contributed by atoms with Crippen LogP contribution in [-0.4, -0.2) is 39.5 Å². The van der Waals surface area contributed by atoms with Crippen LogP contribution >= 0.6 is 11.6 Å². The second kappa shape index (κ2) is 6.78. The Kier molecular flexibility index (Phi) is 4.46. The summed E-state index contributed by atoms with van der Waals surface area (Å²) in [6.07, 6.45) is 0.791. The molecule has 4 rings (SSSR count). The minimum Gasteiger partial charge on any atom is -0.495 e. The first-order chi connectivity index (χ1) is 12.6. The number of hydrogen-bond acceptors (Lipinski definition) is 6. The first-order valence-electron chi connectivity index (χ1n) is 8.42. The summed E-state index contributed by atoms with van der Waals surface area (Å²) in [6, 6.07) is 7.58. The Morgan fingerprint density at radius 2 is 2.04 bits per heavy atom. The predicted molar refractivity (Wildman–Crippen MR) is 99.8 cm³/mol. The zero-order chi connectivity index (χ0) is 18.3. The van der Waals surface area contributed by atoms with Gasteiger partial charge in [-0.25, -0.2) is 0 Å².